The molecule has 24 heavy (non-hydrogen) atoms. The largest absolute Gasteiger partial charge is 0.397 e. The second-order valence-electron chi connectivity index (χ2n) is 5.18. The van der Waals surface area contributed by atoms with Crippen LogP contribution < -0.4 is 16.4 Å². The number of hydrogen-bond acceptors (Lipinski definition) is 7. The van der Waals surface area contributed by atoms with Crippen LogP contribution in [0.2, 0.25) is 0 Å². The van der Waals surface area contributed by atoms with Crippen molar-refractivity contribution in [3.05, 3.63) is 47.7 Å². The number of rotatable bonds is 6. The topological polar surface area (TPSA) is 110 Å². The Bertz CT molecular complexity index is 776. The summed E-state index contributed by atoms with van der Waals surface area (Å²) in [5.41, 5.74) is 7.62. The standard InChI is InChI=1S/C16H17N5O3/c1-24-21-15(22)12-4-3-11(8-13(12)16(21)23)18-6-7-19-14-5-2-10(17)9-20-14/h2-5,8-9,18H,6-7,17H2,1H3,(H,19,20). The number of anilines is 3. The molecule has 4 N–H and O–H groups in total. The number of nitrogens with two attached hydrogens (primary N) is 1. The van der Waals surface area contributed by atoms with Gasteiger partial charge in [-0.05, 0) is 30.3 Å². The van der Waals surface area contributed by atoms with Gasteiger partial charge in [-0.25, -0.2) is 4.98 Å². The molecule has 0 bridgehead atoms. The molecule has 1 aliphatic heterocycles. The van der Waals surface area contributed by atoms with Crippen molar-refractivity contribution < 1.29 is 14.4 Å². The van der Waals surface area contributed by atoms with Gasteiger partial charge in [0.25, 0.3) is 11.8 Å². The molecular weight excluding hydrogens is 310 g/mol. The minimum atomic E-state index is -0.453. The predicted molar refractivity (Wildman–Crippen MR) is 89.6 cm³/mol. The fourth-order valence-corrected chi connectivity index (χ4v) is 2.40. The second-order valence-corrected chi connectivity index (χ2v) is 5.18. The summed E-state index contributed by atoms with van der Waals surface area (Å²) in [6, 6.07) is 8.59. The fraction of sp³-hybridized carbons (Fsp3) is 0.188. The Kier molecular flexibility index (Phi) is 4.30. The van der Waals surface area contributed by atoms with Crippen LogP contribution in [-0.2, 0) is 4.84 Å². The number of aromatic nitrogens is 1. The molecule has 2 amide bonds. The van der Waals surface area contributed by atoms with Gasteiger partial charge in [0.2, 0.25) is 0 Å². The first kappa shape index (κ1) is 15.8. The summed E-state index contributed by atoms with van der Waals surface area (Å²) >= 11 is 0. The maximum absolute atomic E-state index is 12.1. The molecule has 0 saturated carbocycles. The molecule has 0 fully saturated rings. The fourth-order valence-electron chi connectivity index (χ4n) is 2.40. The van der Waals surface area contributed by atoms with E-state index in [1.807, 2.05) is 0 Å². The van der Waals surface area contributed by atoms with Crippen LogP contribution in [0.15, 0.2) is 36.5 Å². The number of benzene rings is 1. The lowest BCUT2D eigenvalue weighted by molar-refractivity contribution is -0.0645. The molecule has 2 heterocycles. The van der Waals surface area contributed by atoms with Gasteiger partial charge in [0.1, 0.15) is 5.82 Å². The molecule has 0 spiro atoms. The Morgan fingerprint density at radius 3 is 2.54 bits per heavy atom. The van der Waals surface area contributed by atoms with Gasteiger partial charge in [0.15, 0.2) is 0 Å². The summed E-state index contributed by atoms with van der Waals surface area (Å²) in [4.78, 5) is 32.9. The van der Waals surface area contributed by atoms with Crippen molar-refractivity contribution in [2.24, 2.45) is 0 Å². The van der Waals surface area contributed by atoms with E-state index in [9.17, 15) is 9.59 Å². The minimum absolute atomic E-state index is 0.333. The molecular formula is C16H17N5O3. The zero-order chi connectivity index (χ0) is 17.1. The molecule has 0 atom stereocenters. The lowest BCUT2D eigenvalue weighted by atomic mass is 10.1. The van der Waals surface area contributed by atoms with Crippen molar-refractivity contribution in [2.45, 2.75) is 0 Å². The molecule has 8 heteroatoms. The lowest BCUT2D eigenvalue weighted by Crippen LogP contribution is -2.28. The molecule has 1 aromatic heterocycles. The van der Waals surface area contributed by atoms with Crippen molar-refractivity contribution in [2.75, 3.05) is 36.6 Å². The van der Waals surface area contributed by atoms with E-state index in [0.29, 0.717) is 29.9 Å². The average Bonchev–Trinajstić information content (AvgIpc) is 2.83. The quantitative estimate of drug-likeness (QED) is 0.542. The summed E-state index contributed by atoms with van der Waals surface area (Å²) in [6.07, 6.45) is 1.58. The van der Waals surface area contributed by atoms with E-state index in [0.717, 1.165) is 16.6 Å². The maximum Gasteiger partial charge on any atom is 0.285 e. The average molecular weight is 327 g/mol. The monoisotopic (exact) mass is 327 g/mol. The maximum atomic E-state index is 12.1. The summed E-state index contributed by atoms with van der Waals surface area (Å²) in [7, 11) is 1.29. The van der Waals surface area contributed by atoms with Crippen molar-refractivity contribution >= 4 is 29.0 Å². The van der Waals surface area contributed by atoms with Gasteiger partial charge < -0.3 is 16.4 Å². The van der Waals surface area contributed by atoms with Gasteiger partial charge in [-0.2, -0.15) is 0 Å². The minimum Gasteiger partial charge on any atom is -0.397 e. The molecule has 2 aromatic rings. The van der Waals surface area contributed by atoms with Crippen LogP contribution in [0.1, 0.15) is 20.7 Å². The number of nitrogens with zero attached hydrogens (tertiary/aromatic N) is 2. The molecule has 0 unspecified atom stereocenters. The summed E-state index contributed by atoms with van der Waals surface area (Å²) in [5.74, 6) is -0.165. The van der Waals surface area contributed by atoms with Crippen LogP contribution in [0.4, 0.5) is 17.2 Å². The molecule has 8 nitrogen and oxygen atoms in total. The lowest BCUT2D eigenvalue weighted by Gasteiger charge is -2.09. The number of carbonyl (C=O) groups excluding carboxylic acids is 2. The molecule has 0 radical (unpaired) electrons. The van der Waals surface area contributed by atoms with E-state index in [2.05, 4.69) is 15.6 Å². The highest BCUT2D eigenvalue weighted by atomic mass is 16.7. The van der Waals surface area contributed by atoms with Crippen molar-refractivity contribution in [3.63, 3.8) is 0 Å². The Labute approximate surface area is 138 Å². The Hall–Kier alpha value is -3.13. The van der Waals surface area contributed by atoms with Crippen LogP contribution >= 0.6 is 0 Å². The smallest absolute Gasteiger partial charge is 0.285 e. The molecule has 0 saturated heterocycles. The van der Waals surface area contributed by atoms with E-state index in [4.69, 9.17) is 10.6 Å². The van der Waals surface area contributed by atoms with Crippen LogP contribution in [-0.4, -0.2) is 42.1 Å². The van der Waals surface area contributed by atoms with E-state index < -0.39 is 11.8 Å². The number of nitrogen functional groups attached to an aromatic ring is 1. The number of nitrogens with one attached hydrogen (secondary N) is 2. The second kappa shape index (κ2) is 6.55. The highest BCUT2D eigenvalue weighted by Gasteiger charge is 2.36. The van der Waals surface area contributed by atoms with Crippen molar-refractivity contribution in [1.82, 2.24) is 10.0 Å². The first-order chi connectivity index (χ1) is 11.6. The van der Waals surface area contributed by atoms with Gasteiger partial charge in [-0.1, -0.05) is 0 Å². The van der Waals surface area contributed by atoms with Crippen LogP contribution in [0.3, 0.4) is 0 Å². The van der Waals surface area contributed by atoms with Gasteiger partial charge in [-0.15, -0.1) is 5.06 Å². The van der Waals surface area contributed by atoms with Crippen LogP contribution in [0, 0.1) is 0 Å². The number of fused-ring (bicyclic) bond motifs is 1. The van der Waals surface area contributed by atoms with E-state index in [1.165, 1.54) is 7.11 Å². The zero-order valence-corrected chi connectivity index (χ0v) is 13.1. The van der Waals surface area contributed by atoms with Crippen molar-refractivity contribution in [1.29, 1.82) is 0 Å². The first-order valence-electron chi connectivity index (χ1n) is 7.36. The van der Waals surface area contributed by atoms with Gasteiger partial charge in [-0.3, -0.25) is 14.4 Å². The number of imide groups is 1. The summed E-state index contributed by atoms with van der Waals surface area (Å²) < 4.78 is 0. The summed E-state index contributed by atoms with van der Waals surface area (Å²) in [6.45, 7) is 1.24. The highest BCUT2D eigenvalue weighted by Crippen LogP contribution is 2.25. The van der Waals surface area contributed by atoms with Gasteiger partial charge in [0, 0.05) is 18.8 Å². The third kappa shape index (κ3) is 2.99. The first-order valence-corrected chi connectivity index (χ1v) is 7.36. The molecule has 1 aliphatic rings. The van der Waals surface area contributed by atoms with E-state index >= 15 is 0 Å². The normalized spacial score (nSPS) is 13.1. The van der Waals surface area contributed by atoms with Crippen molar-refractivity contribution in [3.8, 4) is 0 Å². The number of carbonyl (C=O) groups is 2. The molecule has 1 aromatic carbocycles. The summed E-state index contributed by atoms with van der Waals surface area (Å²) in [5, 5.41) is 7.09. The van der Waals surface area contributed by atoms with Crippen LogP contribution in [0.25, 0.3) is 0 Å². The number of amides is 2. The Morgan fingerprint density at radius 2 is 1.83 bits per heavy atom. The molecule has 124 valence electrons. The van der Waals surface area contributed by atoms with Crippen LogP contribution in [0.5, 0.6) is 0 Å². The van der Waals surface area contributed by atoms with E-state index in [1.54, 1.807) is 36.5 Å². The zero-order valence-electron chi connectivity index (χ0n) is 13.1. The predicted octanol–water partition coefficient (Wildman–Crippen LogP) is 1.35. The number of hydrogen-bond donors (Lipinski definition) is 3. The number of pyridine rings is 1. The third-order valence-corrected chi connectivity index (χ3v) is 3.58. The Balaban J connectivity index is 1.58. The highest BCUT2D eigenvalue weighted by molar-refractivity contribution is 6.20. The van der Waals surface area contributed by atoms with Gasteiger partial charge in [0.05, 0.1) is 30.1 Å². The molecule has 3 rings (SSSR count). The van der Waals surface area contributed by atoms with E-state index in [-0.39, 0.29) is 0 Å². The Morgan fingerprint density at radius 1 is 1.08 bits per heavy atom. The van der Waals surface area contributed by atoms with Gasteiger partial charge >= 0.3 is 0 Å². The SMILES string of the molecule is CON1C(=O)c2ccc(NCCNc3ccc(N)cn3)cc2C1=O. The third-order valence-electron chi connectivity index (χ3n) is 3.58. The molecule has 0 aliphatic carbocycles. The number of hydroxylamine groups is 2.